The second-order valence-electron chi connectivity index (χ2n) is 7.32. The summed E-state index contributed by atoms with van der Waals surface area (Å²) in [5.74, 6) is 0.133. The molecule has 1 N–H and O–H groups in total. The molecule has 31 heavy (non-hydrogen) atoms. The molecule has 1 unspecified atom stereocenters. The van der Waals surface area contributed by atoms with Gasteiger partial charge >= 0.3 is 0 Å². The van der Waals surface area contributed by atoms with Gasteiger partial charge in [-0.25, -0.2) is 12.7 Å². The lowest BCUT2D eigenvalue weighted by atomic mass is 10.0. The van der Waals surface area contributed by atoms with Gasteiger partial charge in [0.15, 0.2) is 0 Å². The Labute approximate surface area is 188 Å². The molecular weight excluding hydrogens is 428 g/mol. The summed E-state index contributed by atoms with van der Waals surface area (Å²) < 4.78 is 25.5. The molecule has 7 heteroatoms. The van der Waals surface area contributed by atoms with Crippen molar-refractivity contribution in [2.45, 2.75) is 17.1 Å². The minimum atomic E-state index is -3.49. The number of hydrogen-bond acceptors (Lipinski definition) is 4. The third-order valence-electron chi connectivity index (χ3n) is 4.87. The van der Waals surface area contributed by atoms with Crippen LogP contribution in [0.4, 0.5) is 5.69 Å². The molecule has 0 aliphatic heterocycles. The van der Waals surface area contributed by atoms with Crippen LogP contribution in [-0.2, 0) is 14.8 Å². The number of nitrogens with zero attached hydrogens (tertiary/aromatic N) is 1. The average molecular weight is 455 g/mol. The Morgan fingerprint density at radius 3 is 2.16 bits per heavy atom. The van der Waals surface area contributed by atoms with Crippen molar-refractivity contribution in [1.82, 2.24) is 4.31 Å². The molecule has 0 aliphatic rings. The molecule has 0 saturated carbocycles. The number of anilines is 1. The fourth-order valence-electron chi connectivity index (χ4n) is 3.15. The van der Waals surface area contributed by atoms with E-state index in [1.807, 2.05) is 30.3 Å². The van der Waals surface area contributed by atoms with E-state index in [-0.39, 0.29) is 21.8 Å². The van der Waals surface area contributed by atoms with E-state index >= 15 is 0 Å². The maximum atomic E-state index is 12.6. The van der Waals surface area contributed by atoms with Crippen molar-refractivity contribution >= 4 is 33.4 Å². The summed E-state index contributed by atoms with van der Waals surface area (Å²) in [6, 6.07) is 24.6. The Morgan fingerprint density at radius 1 is 0.935 bits per heavy atom. The number of carbonyl (C=O) groups excluding carboxylic acids is 1. The number of carbonyl (C=O) groups is 1. The van der Waals surface area contributed by atoms with Gasteiger partial charge in [-0.05, 0) is 47.9 Å². The number of thioether (sulfide) groups is 1. The minimum Gasteiger partial charge on any atom is -0.325 e. The van der Waals surface area contributed by atoms with E-state index in [1.165, 1.54) is 37.4 Å². The molecule has 3 aromatic rings. The highest BCUT2D eigenvalue weighted by molar-refractivity contribution is 8.00. The molecule has 162 valence electrons. The normalized spacial score (nSPS) is 12.5. The van der Waals surface area contributed by atoms with Crippen LogP contribution in [0.15, 0.2) is 83.8 Å². The van der Waals surface area contributed by atoms with Gasteiger partial charge in [-0.15, -0.1) is 11.8 Å². The lowest BCUT2D eigenvalue weighted by Crippen LogP contribution is -2.22. The third-order valence-corrected chi connectivity index (χ3v) is 7.99. The average Bonchev–Trinajstić information content (AvgIpc) is 2.76. The molecule has 0 aromatic heterocycles. The molecule has 0 saturated heterocycles. The maximum Gasteiger partial charge on any atom is 0.242 e. The van der Waals surface area contributed by atoms with Crippen LogP contribution >= 0.6 is 11.8 Å². The largest absolute Gasteiger partial charge is 0.325 e. The molecule has 1 atom stereocenters. The van der Waals surface area contributed by atoms with Gasteiger partial charge in [0.1, 0.15) is 0 Å². The summed E-state index contributed by atoms with van der Waals surface area (Å²) >= 11 is 1.57. The summed E-state index contributed by atoms with van der Waals surface area (Å²) in [5.41, 5.74) is 4.08. The molecule has 0 aliphatic carbocycles. The van der Waals surface area contributed by atoms with Crippen LogP contribution in [0, 0.1) is 6.92 Å². The Hall–Kier alpha value is -2.61. The zero-order valence-corrected chi connectivity index (χ0v) is 19.4. The van der Waals surface area contributed by atoms with E-state index in [0.29, 0.717) is 5.69 Å². The fourth-order valence-corrected chi connectivity index (χ4v) is 5.24. The van der Waals surface area contributed by atoms with Crippen molar-refractivity contribution in [2.75, 3.05) is 25.2 Å². The molecular formula is C24H26N2O3S2. The van der Waals surface area contributed by atoms with E-state index in [0.717, 1.165) is 9.87 Å². The van der Waals surface area contributed by atoms with Crippen molar-refractivity contribution in [2.24, 2.45) is 0 Å². The van der Waals surface area contributed by atoms with Gasteiger partial charge in [-0.3, -0.25) is 4.79 Å². The summed E-state index contributed by atoms with van der Waals surface area (Å²) in [7, 11) is -0.521. The van der Waals surface area contributed by atoms with Crippen molar-refractivity contribution in [3.05, 3.63) is 95.6 Å². The first kappa shape index (κ1) is 23.1. The second-order valence-corrected chi connectivity index (χ2v) is 10.6. The van der Waals surface area contributed by atoms with Crippen LogP contribution < -0.4 is 5.32 Å². The summed E-state index contributed by atoms with van der Waals surface area (Å²) in [6.45, 7) is 2.08. The summed E-state index contributed by atoms with van der Waals surface area (Å²) in [6.07, 6.45) is 0. The van der Waals surface area contributed by atoms with Gasteiger partial charge in [-0.1, -0.05) is 54.6 Å². The van der Waals surface area contributed by atoms with Crippen LogP contribution in [0.5, 0.6) is 0 Å². The first-order valence-corrected chi connectivity index (χ1v) is 12.3. The highest BCUT2D eigenvalue weighted by Crippen LogP contribution is 2.37. The minimum absolute atomic E-state index is 0.0424. The monoisotopic (exact) mass is 454 g/mol. The summed E-state index contributed by atoms with van der Waals surface area (Å²) in [4.78, 5) is 12.8. The van der Waals surface area contributed by atoms with E-state index in [4.69, 9.17) is 0 Å². The lowest BCUT2D eigenvalue weighted by molar-refractivity contribution is -0.113. The van der Waals surface area contributed by atoms with Crippen molar-refractivity contribution in [3.8, 4) is 0 Å². The van der Waals surface area contributed by atoms with Crippen LogP contribution in [0.3, 0.4) is 0 Å². The highest BCUT2D eigenvalue weighted by Gasteiger charge is 2.19. The standard InChI is InChI=1S/C24H26N2O3S2/c1-18-9-7-8-12-22(18)24(19-10-5-4-6-11-19)30-17-23(27)25-20-13-15-21(16-14-20)31(28,29)26(2)3/h4-16,24H,17H2,1-3H3,(H,25,27). The zero-order chi connectivity index (χ0) is 22.4. The molecule has 1 amide bonds. The Balaban J connectivity index is 1.70. The maximum absolute atomic E-state index is 12.6. The predicted octanol–water partition coefficient (Wildman–Crippen LogP) is 4.71. The van der Waals surface area contributed by atoms with Crippen molar-refractivity contribution in [3.63, 3.8) is 0 Å². The van der Waals surface area contributed by atoms with Crippen LogP contribution in [0.25, 0.3) is 0 Å². The van der Waals surface area contributed by atoms with E-state index in [1.54, 1.807) is 23.9 Å². The molecule has 0 fully saturated rings. The van der Waals surface area contributed by atoms with Crippen LogP contribution in [0.2, 0.25) is 0 Å². The first-order chi connectivity index (χ1) is 14.8. The summed E-state index contributed by atoms with van der Waals surface area (Å²) in [5, 5.41) is 2.90. The van der Waals surface area contributed by atoms with Crippen molar-refractivity contribution in [1.29, 1.82) is 0 Å². The number of amides is 1. The quantitative estimate of drug-likeness (QED) is 0.535. The molecule has 0 spiro atoms. The Bertz CT molecular complexity index is 1130. The SMILES string of the molecule is Cc1ccccc1C(SCC(=O)Nc1ccc(S(=O)(=O)N(C)C)cc1)c1ccccc1. The van der Waals surface area contributed by atoms with Crippen molar-refractivity contribution < 1.29 is 13.2 Å². The highest BCUT2D eigenvalue weighted by atomic mass is 32.2. The molecule has 5 nitrogen and oxygen atoms in total. The molecule has 0 bridgehead atoms. The second kappa shape index (κ2) is 10.1. The number of benzene rings is 3. The number of rotatable bonds is 8. The molecule has 0 heterocycles. The molecule has 3 aromatic carbocycles. The first-order valence-electron chi connectivity index (χ1n) is 9.83. The van der Waals surface area contributed by atoms with Gasteiger partial charge in [-0.2, -0.15) is 0 Å². The number of hydrogen-bond donors (Lipinski definition) is 1. The van der Waals surface area contributed by atoms with E-state index in [9.17, 15) is 13.2 Å². The fraction of sp³-hybridized carbons (Fsp3) is 0.208. The smallest absolute Gasteiger partial charge is 0.242 e. The van der Waals surface area contributed by atoms with E-state index in [2.05, 4.69) is 36.5 Å². The van der Waals surface area contributed by atoms with E-state index < -0.39 is 10.0 Å². The van der Waals surface area contributed by atoms with Gasteiger partial charge < -0.3 is 5.32 Å². The topological polar surface area (TPSA) is 66.5 Å². The van der Waals surface area contributed by atoms with Gasteiger partial charge in [0.2, 0.25) is 15.9 Å². The number of sulfonamides is 1. The van der Waals surface area contributed by atoms with Crippen LogP contribution in [-0.4, -0.2) is 38.5 Å². The molecule has 3 rings (SSSR count). The number of nitrogens with one attached hydrogen (secondary N) is 1. The third kappa shape index (κ3) is 5.76. The van der Waals surface area contributed by atoms with Crippen LogP contribution in [0.1, 0.15) is 21.9 Å². The Morgan fingerprint density at radius 2 is 1.55 bits per heavy atom. The van der Waals surface area contributed by atoms with Gasteiger partial charge in [0.05, 0.1) is 15.9 Å². The Kier molecular flexibility index (Phi) is 7.54. The number of aryl methyl sites for hydroxylation is 1. The van der Waals surface area contributed by atoms with Gasteiger partial charge in [0.25, 0.3) is 0 Å². The molecule has 0 radical (unpaired) electrons. The zero-order valence-electron chi connectivity index (χ0n) is 17.8. The predicted molar refractivity (Wildman–Crippen MR) is 128 cm³/mol. The van der Waals surface area contributed by atoms with Gasteiger partial charge in [0, 0.05) is 19.8 Å². The lowest BCUT2D eigenvalue weighted by Gasteiger charge is -2.19.